The van der Waals surface area contributed by atoms with Crippen LogP contribution in [0.15, 0.2) is 36.7 Å². The van der Waals surface area contributed by atoms with Crippen LogP contribution in [-0.4, -0.2) is 127 Å². The number of alkyl halides is 9. The Bertz CT molecular complexity index is 1800. The molecule has 8 N–H and O–H groups in total. The van der Waals surface area contributed by atoms with Gasteiger partial charge in [-0.05, 0) is 38.0 Å². The molecule has 2 aromatic heterocycles. The van der Waals surface area contributed by atoms with Gasteiger partial charge in [0.05, 0.1) is 5.52 Å². The number of carbonyl (C=O) groups is 4. The predicted molar refractivity (Wildman–Crippen MR) is 180 cm³/mol. The summed E-state index contributed by atoms with van der Waals surface area (Å²) in [5, 5.41) is 36.6. The minimum atomic E-state index is -5.08. The van der Waals surface area contributed by atoms with E-state index in [0.29, 0.717) is 37.9 Å². The average Bonchev–Trinajstić information content (AvgIpc) is 3.12. The van der Waals surface area contributed by atoms with Crippen molar-refractivity contribution in [3.05, 3.63) is 48.0 Å². The molecule has 57 heavy (non-hydrogen) atoms. The second-order valence-corrected chi connectivity index (χ2v) is 11.9. The molecule has 2 aliphatic rings. The molecule has 3 heterocycles. The van der Waals surface area contributed by atoms with E-state index in [2.05, 4.69) is 30.5 Å². The Hall–Kier alpha value is -6.24. The maximum absolute atomic E-state index is 13.5. The van der Waals surface area contributed by atoms with Gasteiger partial charge in [0.15, 0.2) is 5.96 Å². The summed E-state index contributed by atoms with van der Waals surface area (Å²) < 4.78 is 95.2. The highest BCUT2D eigenvalue weighted by Crippen LogP contribution is 2.27. The molecular formula is C31H35F9N10O7. The van der Waals surface area contributed by atoms with Crippen molar-refractivity contribution in [3.63, 3.8) is 0 Å². The number of carboxylic acids is 3. The molecule has 17 nitrogen and oxygen atoms in total. The first-order valence-electron chi connectivity index (χ1n) is 16.2. The van der Waals surface area contributed by atoms with E-state index in [-0.39, 0.29) is 29.8 Å². The van der Waals surface area contributed by atoms with E-state index in [1.165, 1.54) is 0 Å². The first kappa shape index (κ1) is 46.9. The number of hydrogen-bond acceptors (Lipinski definition) is 11. The van der Waals surface area contributed by atoms with Crippen molar-refractivity contribution in [3.8, 4) is 0 Å². The zero-order chi connectivity index (χ0) is 43.3. The van der Waals surface area contributed by atoms with E-state index in [1.807, 2.05) is 25.1 Å². The van der Waals surface area contributed by atoms with Crippen LogP contribution in [-0.2, 0) is 14.4 Å². The van der Waals surface area contributed by atoms with Crippen molar-refractivity contribution < 1.29 is 74.0 Å². The second-order valence-electron chi connectivity index (χ2n) is 11.9. The van der Waals surface area contributed by atoms with Gasteiger partial charge in [0.1, 0.15) is 5.82 Å². The summed E-state index contributed by atoms with van der Waals surface area (Å²) in [5.74, 6) is -6.98. The molecule has 1 aliphatic carbocycles. The predicted octanol–water partition coefficient (Wildman–Crippen LogP) is 3.80. The average molecular weight is 831 g/mol. The molecular weight excluding hydrogens is 795 g/mol. The van der Waals surface area contributed by atoms with Crippen LogP contribution in [0.1, 0.15) is 41.9 Å². The number of amides is 1. The third kappa shape index (κ3) is 15.4. The molecule has 2 atom stereocenters. The third-order valence-electron chi connectivity index (χ3n) is 7.60. The fraction of sp³-hybridized carbons (Fsp3) is 0.452. The van der Waals surface area contributed by atoms with Gasteiger partial charge >= 0.3 is 36.4 Å². The number of aryl methyl sites for hydroxylation is 1. The van der Waals surface area contributed by atoms with Crippen molar-refractivity contribution in [2.75, 3.05) is 36.4 Å². The molecule has 1 amide bonds. The van der Waals surface area contributed by atoms with Crippen LogP contribution >= 0.6 is 0 Å². The lowest BCUT2D eigenvalue weighted by Gasteiger charge is -2.34. The van der Waals surface area contributed by atoms with E-state index >= 15 is 0 Å². The van der Waals surface area contributed by atoms with E-state index < -0.39 is 36.4 Å². The van der Waals surface area contributed by atoms with Gasteiger partial charge in [-0.1, -0.05) is 24.5 Å². The van der Waals surface area contributed by atoms with Gasteiger partial charge in [-0.25, -0.2) is 34.3 Å². The maximum atomic E-state index is 13.5. The fourth-order valence-electron chi connectivity index (χ4n) is 5.01. The Morgan fingerprint density at radius 3 is 1.72 bits per heavy atom. The molecule has 3 aromatic rings. The lowest BCUT2D eigenvalue weighted by Crippen LogP contribution is -2.50. The van der Waals surface area contributed by atoms with Gasteiger partial charge in [-0.15, -0.1) is 0 Å². The Labute approximate surface area is 315 Å². The molecule has 0 spiro atoms. The number of nitrogens with two attached hydrogens (primary N) is 1. The van der Waals surface area contributed by atoms with Crippen LogP contribution < -0.4 is 21.3 Å². The van der Waals surface area contributed by atoms with Gasteiger partial charge < -0.3 is 41.5 Å². The van der Waals surface area contributed by atoms with Crippen LogP contribution in [0.5, 0.6) is 0 Å². The van der Waals surface area contributed by atoms with Crippen molar-refractivity contribution >= 4 is 52.4 Å². The second kappa shape index (κ2) is 20.1. The quantitative estimate of drug-likeness (QED) is 0.110. The standard InChI is InChI=1S/C25H32N10O.3C2HF3O2/c1-16-7-8-18-17(15-16)21(31-19-5-2-3-6-20(19)32-24(26)27)33-22(30-18)23(36)34-11-13-35(14-12-34)25-28-9-4-10-29-25;3*3-2(4,5)1(6)7/h4,7-10,15,19-20H,2-3,5-6,11-14H2,1H3,(H4,26,27,32)(H,30,31,33);3*(H,6,7). The summed E-state index contributed by atoms with van der Waals surface area (Å²) in [6, 6.07) is 7.83. The number of rotatable bonds is 5. The normalized spacial score (nSPS) is 16.9. The number of aliphatic carboxylic acids is 3. The lowest BCUT2D eigenvalue weighted by molar-refractivity contribution is -0.193. The molecule has 1 aliphatic heterocycles. The number of carboxylic acid groups (broad SMARTS) is 3. The van der Waals surface area contributed by atoms with E-state index in [9.17, 15) is 44.3 Å². The van der Waals surface area contributed by atoms with E-state index in [4.69, 9.17) is 45.8 Å². The highest BCUT2D eigenvalue weighted by Gasteiger charge is 2.39. The van der Waals surface area contributed by atoms with Crippen molar-refractivity contribution in [1.29, 1.82) is 5.41 Å². The number of carbonyl (C=O) groups excluding carboxylic acids is 1. The van der Waals surface area contributed by atoms with E-state index in [1.54, 1.807) is 23.4 Å². The van der Waals surface area contributed by atoms with Crippen molar-refractivity contribution in [2.45, 2.75) is 63.2 Å². The molecule has 314 valence electrons. The Kier molecular flexibility index (Phi) is 16.5. The molecule has 26 heteroatoms. The number of guanidine groups is 1. The summed E-state index contributed by atoms with van der Waals surface area (Å²) in [4.78, 5) is 62.0. The largest absolute Gasteiger partial charge is 0.490 e. The minimum Gasteiger partial charge on any atom is -0.475 e. The zero-order valence-corrected chi connectivity index (χ0v) is 29.4. The monoisotopic (exact) mass is 830 g/mol. The molecule has 2 fully saturated rings. The number of benzene rings is 1. The Morgan fingerprint density at radius 1 is 0.789 bits per heavy atom. The van der Waals surface area contributed by atoms with Crippen LogP contribution in [0.25, 0.3) is 10.9 Å². The van der Waals surface area contributed by atoms with Gasteiger partial charge in [0.25, 0.3) is 5.91 Å². The lowest BCUT2D eigenvalue weighted by atomic mass is 9.90. The van der Waals surface area contributed by atoms with Gasteiger partial charge in [-0.3, -0.25) is 10.2 Å². The topological polar surface area (TPSA) is 261 Å². The summed E-state index contributed by atoms with van der Waals surface area (Å²) in [5.41, 5.74) is 7.46. The molecule has 0 radical (unpaired) electrons. The van der Waals surface area contributed by atoms with Crippen LogP contribution in [0, 0.1) is 12.3 Å². The number of piperazine rings is 1. The number of fused-ring (bicyclic) bond motifs is 1. The SMILES string of the molecule is Cc1ccc2nc(C(=O)N3CCN(c4ncccn4)CC3)nc(NC3CCCCC3NC(=N)N)c2c1.O=C(O)C(F)(F)F.O=C(O)C(F)(F)F.O=C(O)C(F)(F)F. The first-order chi connectivity index (χ1) is 26.3. The molecule has 2 unspecified atom stereocenters. The highest BCUT2D eigenvalue weighted by atomic mass is 19.4. The maximum Gasteiger partial charge on any atom is 0.490 e. The van der Waals surface area contributed by atoms with E-state index in [0.717, 1.165) is 42.1 Å². The minimum absolute atomic E-state index is 0.0264. The summed E-state index contributed by atoms with van der Waals surface area (Å²) in [7, 11) is 0. The summed E-state index contributed by atoms with van der Waals surface area (Å²) in [6.45, 7) is 4.41. The van der Waals surface area contributed by atoms with Gasteiger partial charge in [0, 0.05) is 56.0 Å². The molecule has 1 saturated heterocycles. The van der Waals surface area contributed by atoms with Gasteiger partial charge in [0.2, 0.25) is 11.8 Å². The van der Waals surface area contributed by atoms with Crippen LogP contribution in [0.2, 0.25) is 0 Å². The molecule has 0 bridgehead atoms. The summed E-state index contributed by atoms with van der Waals surface area (Å²) >= 11 is 0. The van der Waals surface area contributed by atoms with Crippen molar-refractivity contribution in [2.24, 2.45) is 5.73 Å². The number of hydrogen-bond donors (Lipinski definition) is 7. The number of aromatic nitrogens is 4. The van der Waals surface area contributed by atoms with Gasteiger partial charge in [-0.2, -0.15) is 39.5 Å². The Balaban J connectivity index is 0.000000438. The van der Waals surface area contributed by atoms with Crippen molar-refractivity contribution in [1.82, 2.24) is 30.2 Å². The number of nitrogens with zero attached hydrogens (tertiary/aromatic N) is 6. The molecule has 5 rings (SSSR count). The first-order valence-corrected chi connectivity index (χ1v) is 16.2. The van der Waals surface area contributed by atoms with Crippen LogP contribution in [0.4, 0.5) is 51.3 Å². The Morgan fingerprint density at radius 2 is 1.26 bits per heavy atom. The number of nitrogens with one attached hydrogen (secondary N) is 3. The molecule has 1 aromatic carbocycles. The molecule has 1 saturated carbocycles. The fourth-order valence-corrected chi connectivity index (χ4v) is 5.01. The zero-order valence-electron chi connectivity index (χ0n) is 29.4. The summed E-state index contributed by atoms with van der Waals surface area (Å²) in [6.07, 6.45) is -7.80. The third-order valence-corrected chi connectivity index (χ3v) is 7.60. The smallest absolute Gasteiger partial charge is 0.475 e. The number of anilines is 2. The highest BCUT2D eigenvalue weighted by molar-refractivity contribution is 5.97. The number of halogens is 9. The van der Waals surface area contributed by atoms with Crippen LogP contribution in [0.3, 0.4) is 0 Å².